The molecule has 0 aliphatic carbocycles. The number of amides is 2. The van der Waals surface area contributed by atoms with Crippen LogP contribution in [0.15, 0.2) is 18.3 Å². The first-order valence-electron chi connectivity index (χ1n) is 10.0. The van der Waals surface area contributed by atoms with Gasteiger partial charge in [0.05, 0.1) is 17.8 Å². The van der Waals surface area contributed by atoms with E-state index in [0.717, 1.165) is 5.56 Å². The van der Waals surface area contributed by atoms with Crippen LogP contribution in [0.25, 0.3) is 0 Å². The SMILES string of the molecule is CC(C)(O)CCc1cc(NC(=O)N2CCCc3cc(CO)c(C=O)nc32)ncc1C#N. The van der Waals surface area contributed by atoms with Crippen molar-refractivity contribution in [2.45, 2.75) is 51.7 Å². The average molecular weight is 423 g/mol. The second-order valence-electron chi connectivity index (χ2n) is 8.13. The molecule has 0 saturated heterocycles. The summed E-state index contributed by atoms with van der Waals surface area (Å²) in [7, 11) is 0. The van der Waals surface area contributed by atoms with E-state index in [1.807, 2.05) is 0 Å². The fourth-order valence-electron chi connectivity index (χ4n) is 3.47. The van der Waals surface area contributed by atoms with E-state index < -0.39 is 11.6 Å². The number of aryl methyl sites for hydroxylation is 2. The zero-order valence-corrected chi connectivity index (χ0v) is 17.6. The van der Waals surface area contributed by atoms with Crippen molar-refractivity contribution in [3.8, 4) is 6.07 Å². The summed E-state index contributed by atoms with van der Waals surface area (Å²) in [6.45, 7) is 3.51. The number of fused-ring (bicyclic) bond motifs is 1. The van der Waals surface area contributed by atoms with Crippen molar-refractivity contribution in [2.24, 2.45) is 0 Å². The van der Waals surface area contributed by atoms with E-state index in [1.54, 1.807) is 26.0 Å². The second kappa shape index (κ2) is 9.20. The molecule has 162 valence electrons. The highest BCUT2D eigenvalue weighted by molar-refractivity contribution is 6.01. The molecule has 0 spiro atoms. The molecule has 0 unspecified atom stereocenters. The number of nitrogens with zero attached hydrogens (tertiary/aromatic N) is 4. The summed E-state index contributed by atoms with van der Waals surface area (Å²) >= 11 is 0. The van der Waals surface area contributed by atoms with Crippen LogP contribution in [0.2, 0.25) is 0 Å². The smallest absolute Gasteiger partial charge is 0.328 e. The molecule has 1 aliphatic heterocycles. The van der Waals surface area contributed by atoms with E-state index in [1.165, 1.54) is 11.1 Å². The highest BCUT2D eigenvalue weighted by Gasteiger charge is 2.26. The lowest BCUT2D eigenvalue weighted by molar-refractivity contribution is 0.0713. The number of rotatable bonds is 6. The molecule has 3 heterocycles. The molecule has 0 atom stereocenters. The first kappa shape index (κ1) is 22.3. The summed E-state index contributed by atoms with van der Waals surface area (Å²) in [6, 6.07) is 4.97. The summed E-state index contributed by atoms with van der Waals surface area (Å²) in [5.41, 5.74) is 1.51. The minimum atomic E-state index is -0.883. The van der Waals surface area contributed by atoms with Crippen molar-refractivity contribution < 1.29 is 19.8 Å². The quantitative estimate of drug-likeness (QED) is 0.606. The van der Waals surface area contributed by atoms with Crippen LogP contribution in [-0.4, -0.2) is 44.6 Å². The van der Waals surface area contributed by atoms with Crippen LogP contribution >= 0.6 is 0 Å². The number of aromatic nitrogens is 2. The Morgan fingerprint density at radius 2 is 2.16 bits per heavy atom. The average Bonchev–Trinajstić information content (AvgIpc) is 2.75. The third kappa shape index (κ3) is 5.23. The van der Waals surface area contributed by atoms with Crippen LogP contribution in [0.4, 0.5) is 16.4 Å². The molecule has 2 aromatic heterocycles. The molecule has 2 amide bonds. The van der Waals surface area contributed by atoms with Crippen LogP contribution in [-0.2, 0) is 19.4 Å². The summed E-state index contributed by atoms with van der Waals surface area (Å²) in [5.74, 6) is 0.670. The van der Waals surface area contributed by atoms with Gasteiger partial charge in [0.2, 0.25) is 0 Å². The van der Waals surface area contributed by atoms with Gasteiger partial charge < -0.3 is 10.2 Å². The maximum Gasteiger partial charge on any atom is 0.328 e. The second-order valence-corrected chi connectivity index (χ2v) is 8.13. The Labute approximate surface area is 180 Å². The van der Waals surface area contributed by atoms with Crippen molar-refractivity contribution in [3.05, 3.63) is 46.3 Å². The normalized spacial score (nSPS) is 13.3. The molecule has 1 aliphatic rings. The van der Waals surface area contributed by atoms with E-state index in [2.05, 4.69) is 21.4 Å². The number of hydrogen-bond donors (Lipinski definition) is 3. The van der Waals surface area contributed by atoms with Gasteiger partial charge in [0.25, 0.3) is 0 Å². The molecule has 31 heavy (non-hydrogen) atoms. The number of aldehydes is 1. The monoisotopic (exact) mass is 423 g/mol. The Kier molecular flexibility index (Phi) is 6.63. The molecule has 3 rings (SSSR count). The molecular formula is C22H25N5O4. The lowest BCUT2D eigenvalue weighted by Gasteiger charge is -2.29. The zero-order chi connectivity index (χ0) is 22.6. The molecular weight excluding hydrogens is 398 g/mol. The van der Waals surface area contributed by atoms with Gasteiger partial charge in [-0.05, 0) is 62.8 Å². The summed E-state index contributed by atoms with van der Waals surface area (Å²) < 4.78 is 0. The van der Waals surface area contributed by atoms with Gasteiger partial charge in [-0.15, -0.1) is 0 Å². The van der Waals surface area contributed by atoms with Crippen molar-refractivity contribution >= 4 is 24.0 Å². The van der Waals surface area contributed by atoms with E-state index in [-0.39, 0.29) is 18.1 Å². The van der Waals surface area contributed by atoms with Crippen LogP contribution in [0, 0.1) is 11.3 Å². The third-order valence-electron chi connectivity index (χ3n) is 5.15. The van der Waals surface area contributed by atoms with E-state index in [9.17, 15) is 25.1 Å². The number of aliphatic hydroxyl groups is 2. The highest BCUT2D eigenvalue weighted by Crippen LogP contribution is 2.28. The van der Waals surface area contributed by atoms with Crippen LogP contribution in [0.3, 0.4) is 0 Å². The summed E-state index contributed by atoms with van der Waals surface area (Å²) in [4.78, 5) is 34.2. The minimum Gasteiger partial charge on any atom is -0.392 e. The predicted molar refractivity (Wildman–Crippen MR) is 114 cm³/mol. The Hall–Kier alpha value is -3.35. The number of aliphatic hydroxyl groups excluding tert-OH is 1. The lowest BCUT2D eigenvalue weighted by atomic mass is 9.97. The first-order chi connectivity index (χ1) is 14.8. The Morgan fingerprint density at radius 3 is 2.81 bits per heavy atom. The van der Waals surface area contributed by atoms with Crippen molar-refractivity contribution in [1.82, 2.24) is 9.97 Å². The number of urea groups is 1. The number of carbonyl (C=O) groups is 2. The number of anilines is 2. The molecule has 3 N–H and O–H groups in total. The summed E-state index contributed by atoms with van der Waals surface area (Å²) in [5, 5.41) is 31.5. The fraction of sp³-hybridized carbons (Fsp3) is 0.409. The molecule has 0 radical (unpaired) electrons. The molecule has 9 heteroatoms. The van der Waals surface area contributed by atoms with E-state index in [4.69, 9.17) is 0 Å². The maximum absolute atomic E-state index is 13.0. The summed E-state index contributed by atoms with van der Waals surface area (Å²) in [6.07, 6.45) is 4.27. The lowest BCUT2D eigenvalue weighted by Crippen LogP contribution is -2.40. The number of carbonyl (C=O) groups excluding carboxylic acids is 2. The minimum absolute atomic E-state index is 0.103. The molecule has 9 nitrogen and oxygen atoms in total. The third-order valence-corrected chi connectivity index (χ3v) is 5.15. The van der Waals surface area contributed by atoms with E-state index >= 15 is 0 Å². The number of pyridine rings is 2. The van der Waals surface area contributed by atoms with Crippen LogP contribution < -0.4 is 10.2 Å². The Morgan fingerprint density at radius 1 is 1.39 bits per heavy atom. The standard InChI is InChI=1S/C22H25N5O4/c1-22(2,31)6-5-14-9-19(24-11-17(14)10-23)26-21(30)27-7-3-4-15-8-16(12-28)18(13-29)25-20(15)27/h8-9,11,13,28,31H,3-7,12H2,1-2H3,(H,24,26,30). The van der Waals surface area contributed by atoms with Crippen molar-refractivity contribution in [2.75, 3.05) is 16.8 Å². The Bertz CT molecular complexity index is 1040. The van der Waals surface area contributed by atoms with Gasteiger partial charge >= 0.3 is 6.03 Å². The number of hydrogen-bond acceptors (Lipinski definition) is 7. The fourth-order valence-corrected chi connectivity index (χ4v) is 3.47. The van der Waals surface area contributed by atoms with Gasteiger partial charge in [-0.1, -0.05) is 0 Å². The molecule has 0 bridgehead atoms. The van der Waals surface area contributed by atoms with Crippen LogP contribution in [0.1, 0.15) is 59.4 Å². The van der Waals surface area contributed by atoms with Crippen LogP contribution in [0.5, 0.6) is 0 Å². The zero-order valence-electron chi connectivity index (χ0n) is 17.6. The van der Waals surface area contributed by atoms with Crippen molar-refractivity contribution in [1.29, 1.82) is 5.26 Å². The Balaban J connectivity index is 1.84. The molecule has 0 aromatic carbocycles. The number of nitrogens with one attached hydrogen (secondary N) is 1. The number of nitriles is 1. The first-order valence-corrected chi connectivity index (χ1v) is 10.0. The predicted octanol–water partition coefficient (Wildman–Crippen LogP) is 2.34. The molecule has 0 saturated carbocycles. The maximum atomic E-state index is 13.0. The van der Waals surface area contributed by atoms with Gasteiger partial charge in [-0.2, -0.15) is 5.26 Å². The molecule has 2 aromatic rings. The van der Waals surface area contributed by atoms with E-state index in [0.29, 0.717) is 61.0 Å². The van der Waals surface area contributed by atoms with Gasteiger partial charge in [0.1, 0.15) is 23.4 Å². The van der Waals surface area contributed by atoms with Crippen molar-refractivity contribution in [3.63, 3.8) is 0 Å². The largest absolute Gasteiger partial charge is 0.392 e. The topological polar surface area (TPSA) is 139 Å². The highest BCUT2D eigenvalue weighted by atomic mass is 16.3. The van der Waals surface area contributed by atoms with Gasteiger partial charge in [0.15, 0.2) is 6.29 Å². The molecule has 0 fully saturated rings. The van der Waals surface area contributed by atoms with Gasteiger partial charge in [-0.25, -0.2) is 14.8 Å². The van der Waals surface area contributed by atoms with Gasteiger partial charge in [-0.3, -0.25) is 15.0 Å². The van der Waals surface area contributed by atoms with Gasteiger partial charge in [0, 0.05) is 18.3 Å².